The van der Waals surface area contributed by atoms with E-state index in [-0.39, 0.29) is 30.1 Å². The van der Waals surface area contributed by atoms with Crippen molar-refractivity contribution in [2.45, 2.75) is 82.7 Å². The maximum atomic E-state index is 12.9. The second-order valence-electron chi connectivity index (χ2n) is 7.82. The molecule has 3 rings (SSSR count). The Kier molecular flexibility index (Phi) is 5.64. The first-order valence-corrected chi connectivity index (χ1v) is 9.80. The van der Waals surface area contributed by atoms with Gasteiger partial charge in [-0.3, -0.25) is 14.4 Å². The number of nitrogens with zero attached hydrogens (tertiary/aromatic N) is 1. The number of likely N-dealkylation sites (tertiary alicyclic amines) is 1. The van der Waals surface area contributed by atoms with Crippen molar-refractivity contribution in [3.8, 4) is 0 Å². The zero-order chi connectivity index (χ0) is 17.9. The fourth-order valence-electron chi connectivity index (χ4n) is 4.25. The second kappa shape index (κ2) is 7.75. The van der Waals surface area contributed by atoms with Gasteiger partial charge < -0.3 is 15.0 Å². The molecule has 0 spiro atoms. The molecule has 0 aromatic carbocycles. The summed E-state index contributed by atoms with van der Waals surface area (Å²) in [7, 11) is 0. The van der Waals surface area contributed by atoms with Crippen molar-refractivity contribution < 1.29 is 19.1 Å². The van der Waals surface area contributed by atoms with Gasteiger partial charge in [-0.1, -0.05) is 19.3 Å². The van der Waals surface area contributed by atoms with Crippen LogP contribution in [0.4, 0.5) is 0 Å². The van der Waals surface area contributed by atoms with E-state index in [1.54, 1.807) is 6.92 Å². The van der Waals surface area contributed by atoms with Crippen molar-refractivity contribution in [2.75, 3.05) is 13.2 Å². The van der Waals surface area contributed by atoms with Crippen LogP contribution in [-0.4, -0.2) is 47.4 Å². The number of esters is 1. The van der Waals surface area contributed by atoms with Crippen LogP contribution in [0.15, 0.2) is 0 Å². The molecule has 0 aromatic heterocycles. The number of rotatable bonds is 6. The van der Waals surface area contributed by atoms with Gasteiger partial charge in [0.15, 0.2) is 0 Å². The quantitative estimate of drug-likeness (QED) is 0.745. The van der Waals surface area contributed by atoms with Gasteiger partial charge in [0.2, 0.25) is 11.8 Å². The van der Waals surface area contributed by atoms with Crippen molar-refractivity contribution >= 4 is 17.8 Å². The highest BCUT2D eigenvalue weighted by atomic mass is 16.5. The molecule has 6 heteroatoms. The van der Waals surface area contributed by atoms with E-state index in [1.807, 2.05) is 4.90 Å². The molecule has 1 N–H and O–H groups in total. The van der Waals surface area contributed by atoms with Crippen LogP contribution in [0.1, 0.15) is 71.1 Å². The lowest BCUT2D eigenvalue weighted by atomic mass is 9.78. The van der Waals surface area contributed by atoms with Crippen molar-refractivity contribution in [3.63, 3.8) is 0 Å². The van der Waals surface area contributed by atoms with E-state index in [0.29, 0.717) is 32.0 Å². The van der Waals surface area contributed by atoms with E-state index < -0.39 is 5.54 Å². The lowest BCUT2D eigenvalue weighted by molar-refractivity contribution is -0.146. The van der Waals surface area contributed by atoms with Crippen LogP contribution in [0.5, 0.6) is 0 Å². The summed E-state index contributed by atoms with van der Waals surface area (Å²) in [6, 6.07) is 0.353. The predicted molar refractivity (Wildman–Crippen MR) is 92.7 cm³/mol. The number of ether oxygens (including phenoxy) is 1. The summed E-state index contributed by atoms with van der Waals surface area (Å²) in [6.07, 6.45) is 8.31. The molecule has 140 valence electrons. The van der Waals surface area contributed by atoms with Gasteiger partial charge in [-0.15, -0.1) is 0 Å². The van der Waals surface area contributed by atoms with Crippen LogP contribution < -0.4 is 5.32 Å². The minimum Gasteiger partial charge on any atom is -0.466 e. The minimum atomic E-state index is -0.465. The maximum Gasteiger partial charge on any atom is 0.308 e. The first-order valence-electron chi connectivity index (χ1n) is 9.80. The standard InChI is InChI=1S/C19H30N2O4/c1-2-25-17(23)12-19(10-4-3-5-11-19)20-18(24)14-6-9-16(22)21(13-14)15-7-8-15/h14-15H,2-13H2,1H3,(H,20,24)/t14-/m0/s1. The van der Waals surface area contributed by atoms with Crippen molar-refractivity contribution in [1.82, 2.24) is 10.2 Å². The number of hydrogen-bond acceptors (Lipinski definition) is 4. The molecule has 6 nitrogen and oxygen atoms in total. The summed E-state index contributed by atoms with van der Waals surface area (Å²) in [5.74, 6) is -0.197. The van der Waals surface area contributed by atoms with E-state index in [1.165, 1.54) is 0 Å². The van der Waals surface area contributed by atoms with Gasteiger partial charge in [0.05, 0.1) is 24.5 Å². The molecule has 2 aliphatic carbocycles. The molecule has 0 aromatic rings. The Bertz CT molecular complexity index is 524. The highest BCUT2D eigenvalue weighted by molar-refractivity contribution is 5.85. The molecule has 2 saturated carbocycles. The molecule has 1 aliphatic heterocycles. The van der Waals surface area contributed by atoms with Gasteiger partial charge in [0.25, 0.3) is 0 Å². The summed E-state index contributed by atoms with van der Waals surface area (Å²) in [5, 5.41) is 3.21. The zero-order valence-electron chi connectivity index (χ0n) is 15.2. The lowest BCUT2D eigenvalue weighted by Crippen LogP contribution is -2.55. The molecule has 0 bridgehead atoms. The SMILES string of the molecule is CCOC(=O)CC1(NC(=O)[C@H]2CCC(=O)N(C3CC3)C2)CCCCC1. The normalized spacial score (nSPS) is 26.2. The smallest absolute Gasteiger partial charge is 0.308 e. The van der Waals surface area contributed by atoms with Crippen molar-refractivity contribution in [3.05, 3.63) is 0 Å². The molecule has 3 fully saturated rings. The van der Waals surface area contributed by atoms with Gasteiger partial charge in [-0.05, 0) is 39.0 Å². The van der Waals surface area contributed by atoms with Crippen LogP contribution >= 0.6 is 0 Å². The minimum absolute atomic E-state index is 0.00403. The summed E-state index contributed by atoms with van der Waals surface area (Å²) in [4.78, 5) is 38.9. The molecular weight excluding hydrogens is 320 g/mol. The van der Waals surface area contributed by atoms with Gasteiger partial charge in [0.1, 0.15) is 0 Å². The third-order valence-electron chi connectivity index (χ3n) is 5.79. The van der Waals surface area contributed by atoms with Crippen LogP contribution in [0, 0.1) is 5.92 Å². The molecule has 1 atom stereocenters. The van der Waals surface area contributed by atoms with Crippen LogP contribution in [0.25, 0.3) is 0 Å². The van der Waals surface area contributed by atoms with E-state index >= 15 is 0 Å². The maximum absolute atomic E-state index is 12.9. The summed E-state index contributed by atoms with van der Waals surface area (Å²) >= 11 is 0. The van der Waals surface area contributed by atoms with E-state index in [4.69, 9.17) is 4.74 Å². The van der Waals surface area contributed by atoms with E-state index in [0.717, 1.165) is 44.9 Å². The Morgan fingerprint density at radius 3 is 2.56 bits per heavy atom. The van der Waals surface area contributed by atoms with Crippen LogP contribution in [0.3, 0.4) is 0 Å². The van der Waals surface area contributed by atoms with E-state index in [9.17, 15) is 14.4 Å². The molecule has 1 saturated heterocycles. The Hall–Kier alpha value is -1.59. The fourth-order valence-corrected chi connectivity index (χ4v) is 4.25. The first-order chi connectivity index (χ1) is 12.0. The van der Waals surface area contributed by atoms with Crippen molar-refractivity contribution in [1.29, 1.82) is 0 Å². The summed E-state index contributed by atoms with van der Waals surface area (Å²) in [5.41, 5.74) is -0.465. The molecule has 1 heterocycles. The van der Waals surface area contributed by atoms with Gasteiger partial charge in [-0.2, -0.15) is 0 Å². The predicted octanol–water partition coefficient (Wildman–Crippen LogP) is 2.16. The Morgan fingerprint density at radius 1 is 1.20 bits per heavy atom. The second-order valence-corrected chi connectivity index (χ2v) is 7.82. The average molecular weight is 350 g/mol. The molecular formula is C19H30N2O4. The van der Waals surface area contributed by atoms with E-state index in [2.05, 4.69) is 5.32 Å². The number of amides is 2. The average Bonchev–Trinajstić information content (AvgIpc) is 3.41. The first kappa shape index (κ1) is 18.2. The van der Waals surface area contributed by atoms with Gasteiger partial charge in [-0.25, -0.2) is 0 Å². The van der Waals surface area contributed by atoms with Gasteiger partial charge in [0, 0.05) is 19.0 Å². The summed E-state index contributed by atoms with van der Waals surface area (Å²) in [6.45, 7) is 2.70. The number of carbonyl (C=O) groups is 3. The third-order valence-corrected chi connectivity index (χ3v) is 5.79. The largest absolute Gasteiger partial charge is 0.466 e. The topological polar surface area (TPSA) is 75.7 Å². The number of carbonyl (C=O) groups excluding carboxylic acids is 3. The number of nitrogens with one attached hydrogen (secondary N) is 1. The Labute approximate surface area is 149 Å². The lowest BCUT2D eigenvalue weighted by Gasteiger charge is -2.40. The van der Waals surface area contributed by atoms with Crippen LogP contribution in [-0.2, 0) is 19.1 Å². The Balaban J connectivity index is 1.63. The molecule has 25 heavy (non-hydrogen) atoms. The fraction of sp³-hybridized carbons (Fsp3) is 0.842. The third kappa shape index (κ3) is 4.53. The zero-order valence-corrected chi connectivity index (χ0v) is 15.2. The highest BCUT2D eigenvalue weighted by Crippen LogP contribution is 2.34. The molecule has 3 aliphatic rings. The van der Waals surface area contributed by atoms with Crippen LogP contribution in [0.2, 0.25) is 0 Å². The number of piperidine rings is 1. The highest BCUT2D eigenvalue weighted by Gasteiger charge is 2.42. The molecule has 0 radical (unpaired) electrons. The van der Waals surface area contributed by atoms with Gasteiger partial charge >= 0.3 is 5.97 Å². The molecule has 0 unspecified atom stereocenters. The van der Waals surface area contributed by atoms with Crippen molar-refractivity contribution in [2.24, 2.45) is 5.92 Å². The summed E-state index contributed by atoms with van der Waals surface area (Å²) < 4.78 is 5.12. The monoisotopic (exact) mass is 350 g/mol. The Morgan fingerprint density at radius 2 is 1.92 bits per heavy atom. The number of hydrogen-bond donors (Lipinski definition) is 1. The molecule has 2 amide bonds.